The molecule has 0 aromatic heterocycles. The molecule has 0 spiro atoms. The van der Waals surface area contributed by atoms with Crippen molar-refractivity contribution in [2.24, 2.45) is 5.73 Å². The highest BCUT2D eigenvalue weighted by atomic mass is 32.2. The third kappa shape index (κ3) is 4.67. The Morgan fingerprint density at radius 1 is 1.17 bits per heavy atom. The van der Waals surface area contributed by atoms with Crippen molar-refractivity contribution in [3.8, 4) is 16.9 Å². The third-order valence-corrected chi connectivity index (χ3v) is 4.19. The Bertz CT molecular complexity index is 820. The molecule has 4 N–H and O–H groups in total. The molecule has 1 amide bonds. The second kappa shape index (κ2) is 7.28. The molecule has 0 aromatic rings. The molecule has 0 saturated carbocycles. The molecule has 0 saturated heterocycles. The first-order valence-electron chi connectivity index (χ1n) is 6.99. The Morgan fingerprint density at radius 2 is 1.88 bits per heavy atom. The van der Waals surface area contributed by atoms with Gasteiger partial charge in [0, 0.05) is 12.0 Å². The van der Waals surface area contributed by atoms with Gasteiger partial charge in [-0.1, -0.05) is 36.4 Å². The molecule has 0 bridgehead atoms. The number of carboxylic acids is 1. The third-order valence-electron chi connectivity index (χ3n) is 3.22. The summed E-state index contributed by atoms with van der Waals surface area (Å²) >= 11 is 0. The monoisotopic (exact) mass is 352 g/mol. The molecule has 1 atom stereocenters. The summed E-state index contributed by atoms with van der Waals surface area (Å²) in [6.45, 7) is 0. The van der Waals surface area contributed by atoms with Crippen LogP contribution in [0.2, 0.25) is 0 Å². The maximum Gasteiger partial charge on any atom is 0.383 e. The minimum absolute atomic E-state index is 0.0766. The quantitative estimate of drug-likeness (QED) is 0.640. The van der Waals surface area contributed by atoms with Crippen molar-refractivity contribution in [3.05, 3.63) is 42.5 Å². The number of fused-ring (bicyclic) bond motifs is 1. The van der Waals surface area contributed by atoms with Crippen LogP contribution >= 0.6 is 0 Å². The van der Waals surface area contributed by atoms with Gasteiger partial charge in [-0.05, 0) is 18.1 Å². The smallest absolute Gasteiger partial charge is 0.383 e. The second-order valence-corrected chi connectivity index (χ2v) is 6.34. The Balaban J connectivity index is 2.15. The summed E-state index contributed by atoms with van der Waals surface area (Å²) in [5, 5.41) is 9.05. The highest BCUT2D eigenvalue weighted by Crippen LogP contribution is 2.33. The fraction of sp³-hybridized carbons (Fsp3) is 0.200. The van der Waals surface area contributed by atoms with Crippen LogP contribution in [0.25, 0.3) is 11.1 Å². The van der Waals surface area contributed by atoms with Crippen LogP contribution in [-0.4, -0.2) is 31.4 Å². The maximum absolute atomic E-state index is 12.1. The largest absolute Gasteiger partial charge is 0.480 e. The molecule has 0 heterocycles. The number of hydrogen-bond donors (Lipinski definition) is 3. The van der Waals surface area contributed by atoms with E-state index >= 15 is 0 Å². The van der Waals surface area contributed by atoms with E-state index in [0.29, 0.717) is 5.56 Å². The number of carboxylic acid groups (broad SMARTS) is 1. The van der Waals surface area contributed by atoms with Crippen molar-refractivity contribution in [1.82, 2.24) is 4.72 Å². The SMILES string of the molecule is NC(=O)CC[C@H](NS(=O)(=O)Oc1ccc2cccccc1-2)C(=O)O. The summed E-state index contributed by atoms with van der Waals surface area (Å²) < 4.78 is 31.0. The molecule has 2 rings (SSSR count). The van der Waals surface area contributed by atoms with Gasteiger partial charge in [-0.2, -0.15) is 13.1 Å². The Hall–Kier alpha value is -2.65. The summed E-state index contributed by atoms with van der Waals surface area (Å²) in [5.41, 5.74) is 6.28. The molecule has 9 heteroatoms. The highest BCUT2D eigenvalue weighted by Gasteiger charge is 2.26. The van der Waals surface area contributed by atoms with Crippen LogP contribution in [0.4, 0.5) is 0 Å². The zero-order chi connectivity index (χ0) is 17.7. The first-order chi connectivity index (χ1) is 11.3. The van der Waals surface area contributed by atoms with Crippen LogP contribution in [0.15, 0.2) is 42.5 Å². The van der Waals surface area contributed by atoms with Gasteiger partial charge in [-0.3, -0.25) is 9.59 Å². The van der Waals surface area contributed by atoms with E-state index in [1.54, 1.807) is 36.4 Å². The topological polar surface area (TPSA) is 136 Å². The lowest BCUT2D eigenvalue weighted by Crippen LogP contribution is -2.43. The molecular weight excluding hydrogens is 336 g/mol. The fourth-order valence-corrected chi connectivity index (χ4v) is 3.09. The molecule has 0 radical (unpaired) electrons. The highest BCUT2D eigenvalue weighted by molar-refractivity contribution is 7.85. The van der Waals surface area contributed by atoms with E-state index in [0.717, 1.165) is 5.56 Å². The average Bonchev–Trinajstić information content (AvgIpc) is 2.71. The number of aliphatic carboxylic acids is 1. The van der Waals surface area contributed by atoms with Gasteiger partial charge in [0.05, 0.1) is 0 Å². The van der Waals surface area contributed by atoms with Gasteiger partial charge in [-0.15, -0.1) is 0 Å². The number of carbonyl (C=O) groups is 2. The predicted molar refractivity (Wildman–Crippen MR) is 85.6 cm³/mol. The van der Waals surface area contributed by atoms with Crippen LogP contribution < -0.4 is 14.6 Å². The van der Waals surface area contributed by atoms with Gasteiger partial charge >= 0.3 is 16.3 Å². The number of nitrogens with two attached hydrogens (primary N) is 1. The normalized spacial score (nSPS) is 12.7. The lowest BCUT2D eigenvalue weighted by atomic mass is 10.2. The van der Waals surface area contributed by atoms with Crippen LogP contribution in [0.3, 0.4) is 0 Å². The van der Waals surface area contributed by atoms with Gasteiger partial charge in [0.25, 0.3) is 0 Å². The van der Waals surface area contributed by atoms with Gasteiger partial charge in [0.1, 0.15) is 6.04 Å². The second-order valence-electron chi connectivity index (χ2n) is 5.03. The number of rotatable bonds is 8. The number of nitrogens with one attached hydrogen (secondary N) is 1. The van der Waals surface area contributed by atoms with Crippen molar-refractivity contribution in [3.63, 3.8) is 0 Å². The van der Waals surface area contributed by atoms with Gasteiger partial charge < -0.3 is 15.0 Å². The molecule has 0 fully saturated rings. The van der Waals surface area contributed by atoms with Crippen molar-refractivity contribution < 1.29 is 27.3 Å². The van der Waals surface area contributed by atoms with Crippen LogP contribution in [-0.2, 0) is 19.9 Å². The lowest BCUT2D eigenvalue weighted by molar-refractivity contribution is -0.139. The molecule has 0 aliphatic heterocycles. The first-order valence-corrected chi connectivity index (χ1v) is 8.40. The van der Waals surface area contributed by atoms with Crippen LogP contribution in [0.5, 0.6) is 5.75 Å². The van der Waals surface area contributed by atoms with E-state index in [4.69, 9.17) is 15.0 Å². The minimum atomic E-state index is -4.39. The average molecular weight is 352 g/mol. The minimum Gasteiger partial charge on any atom is -0.480 e. The number of carbonyl (C=O) groups excluding carboxylic acids is 1. The van der Waals surface area contributed by atoms with Crippen molar-refractivity contribution in [1.29, 1.82) is 0 Å². The molecule has 2 aliphatic carbocycles. The summed E-state index contributed by atoms with van der Waals surface area (Å²) in [6.07, 6.45) is -0.543. The Labute approximate surface area is 138 Å². The van der Waals surface area contributed by atoms with E-state index < -0.39 is 28.2 Å². The standard InChI is InChI=1S/C15H16N2O6S/c16-14(18)9-7-12(15(19)20)17-24(21,22)23-13-8-6-10-4-2-1-3-5-11(10)13/h1-6,8,12,17H,7,9H2,(H2,16,18)(H,19,20)/t12-/m0/s1. The van der Waals surface area contributed by atoms with Crippen LogP contribution in [0.1, 0.15) is 12.8 Å². The molecule has 0 unspecified atom stereocenters. The van der Waals surface area contributed by atoms with E-state index in [2.05, 4.69) is 0 Å². The van der Waals surface area contributed by atoms with E-state index in [-0.39, 0.29) is 18.6 Å². The van der Waals surface area contributed by atoms with Crippen molar-refractivity contribution in [2.75, 3.05) is 0 Å². The van der Waals surface area contributed by atoms with Gasteiger partial charge in [0.15, 0.2) is 5.75 Å². The molecule has 8 nitrogen and oxygen atoms in total. The molecule has 0 aromatic carbocycles. The summed E-state index contributed by atoms with van der Waals surface area (Å²) in [6, 6.07) is 10.4. The lowest BCUT2D eigenvalue weighted by Gasteiger charge is -2.14. The van der Waals surface area contributed by atoms with E-state index in [1.165, 1.54) is 6.07 Å². The summed E-state index contributed by atoms with van der Waals surface area (Å²) in [4.78, 5) is 21.9. The van der Waals surface area contributed by atoms with E-state index in [9.17, 15) is 18.0 Å². The van der Waals surface area contributed by atoms with E-state index in [1.807, 2.05) is 4.72 Å². The number of amides is 1. The first kappa shape index (κ1) is 17.7. The van der Waals surface area contributed by atoms with Gasteiger partial charge in [0.2, 0.25) is 5.91 Å². The van der Waals surface area contributed by atoms with Gasteiger partial charge in [-0.25, -0.2) is 0 Å². The molecule has 2 aliphatic rings. The van der Waals surface area contributed by atoms with Crippen LogP contribution in [0, 0.1) is 0 Å². The Kier molecular flexibility index (Phi) is 5.37. The number of primary amides is 1. The van der Waals surface area contributed by atoms with Crippen molar-refractivity contribution in [2.45, 2.75) is 18.9 Å². The fourth-order valence-electron chi connectivity index (χ4n) is 2.09. The predicted octanol–water partition coefficient (Wildman–Crippen LogP) is 0.723. The maximum atomic E-state index is 12.1. The molecule has 24 heavy (non-hydrogen) atoms. The molecule has 128 valence electrons. The Morgan fingerprint density at radius 3 is 2.54 bits per heavy atom. The van der Waals surface area contributed by atoms with Crippen molar-refractivity contribution >= 4 is 22.2 Å². The summed E-state index contributed by atoms with van der Waals surface area (Å²) in [7, 11) is -4.39. The summed E-state index contributed by atoms with van der Waals surface area (Å²) in [5.74, 6) is -2.08. The zero-order valence-electron chi connectivity index (χ0n) is 12.5. The molecular formula is C15H16N2O6S. The zero-order valence-corrected chi connectivity index (χ0v) is 13.3. The number of hydrogen-bond acceptors (Lipinski definition) is 5.